The zero-order valence-electron chi connectivity index (χ0n) is 15.7. The van der Waals surface area contributed by atoms with Crippen molar-refractivity contribution in [3.63, 3.8) is 0 Å². The Balaban J connectivity index is 0.00000243. The lowest BCUT2D eigenvalue weighted by molar-refractivity contribution is -0.00831. The van der Waals surface area contributed by atoms with Crippen LogP contribution in [0.5, 0.6) is 0 Å². The van der Waals surface area contributed by atoms with Crippen LogP contribution < -0.4 is 5.32 Å². The number of nitrogens with one attached hydrogen (secondary N) is 1. The van der Waals surface area contributed by atoms with Crippen LogP contribution in [0.2, 0.25) is 0 Å². The second-order valence-corrected chi connectivity index (χ2v) is 6.42. The Morgan fingerprint density at radius 2 is 2.15 bits per heavy atom. The van der Waals surface area contributed by atoms with Gasteiger partial charge in [0.25, 0.3) is 0 Å². The second kappa shape index (κ2) is 9.91. The standard InChI is InChI=1S/C19H27N5O.HI/c1-15-12-22-24(13-15)9-8-21-19(20-3)23-10-11-25-18(14-23)17-7-5-4-6-16(17)2;/h4-7,12-13,18H,8-11,14H2,1-3H3,(H,20,21);1H. The SMILES string of the molecule is CN=C(NCCn1cc(C)cn1)N1CCOC(c2ccccc2C)C1.I. The quantitative estimate of drug-likeness (QED) is 0.425. The third-order valence-electron chi connectivity index (χ3n) is 4.50. The van der Waals surface area contributed by atoms with E-state index in [-0.39, 0.29) is 30.1 Å². The zero-order valence-corrected chi connectivity index (χ0v) is 18.0. The summed E-state index contributed by atoms with van der Waals surface area (Å²) in [6, 6.07) is 8.43. The molecule has 1 aliphatic heterocycles. The van der Waals surface area contributed by atoms with Crippen molar-refractivity contribution >= 4 is 29.9 Å². The molecule has 1 unspecified atom stereocenters. The highest BCUT2D eigenvalue weighted by Crippen LogP contribution is 2.24. The summed E-state index contributed by atoms with van der Waals surface area (Å²) in [5.41, 5.74) is 3.71. The van der Waals surface area contributed by atoms with Crippen LogP contribution in [0.3, 0.4) is 0 Å². The lowest BCUT2D eigenvalue weighted by Gasteiger charge is -2.35. The highest BCUT2D eigenvalue weighted by atomic mass is 127. The van der Waals surface area contributed by atoms with Gasteiger partial charge in [-0.05, 0) is 30.5 Å². The van der Waals surface area contributed by atoms with Gasteiger partial charge in [0, 0.05) is 26.3 Å². The molecular weight excluding hydrogens is 441 g/mol. The van der Waals surface area contributed by atoms with E-state index >= 15 is 0 Å². The molecule has 1 N–H and O–H groups in total. The van der Waals surface area contributed by atoms with Gasteiger partial charge >= 0.3 is 0 Å². The first-order valence-electron chi connectivity index (χ1n) is 8.79. The van der Waals surface area contributed by atoms with Crippen LogP contribution in [-0.4, -0.2) is 53.9 Å². The molecule has 1 atom stereocenters. The molecule has 26 heavy (non-hydrogen) atoms. The number of rotatable bonds is 4. The Bertz CT molecular complexity index is 730. The summed E-state index contributed by atoms with van der Waals surface area (Å²) in [6.07, 6.45) is 4.01. The van der Waals surface area contributed by atoms with E-state index in [0.29, 0.717) is 6.61 Å². The maximum Gasteiger partial charge on any atom is 0.193 e. The van der Waals surface area contributed by atoms with Gasteiger partial charge in [-0.25, -0.2) is 0 Å². The van der Waals surface area contributed by atoms with Gasteiger partial charge < -0.3 is 15.0 Å². The topological polar surface area (TPSA) is 54.7 Å². The lowest BCUT2D eigenvalue weighted by Crippen LogP contribution is -2.48. The first-order chi connectivity index (χ1) is 12.2. The normalized spacial score (nSPS) is 17.7. The number of hydrogen-bond acceptors (Lipinski definition) is 3. The van der Waals surface area contributed by atoms with E-state index in [0.717, 1.165) is 32.1 Å². The summed E-state index contributed by atoms with van der Waals surface area (Å²) in [4.78, 5) is 6.72. The van der Waals surface area contributed by atoms with Gasteiger partial charge in [-0.15, -0.1) is 24.0 Å². The number of morpholine rings is 1. The Morgan fingerprint density at radius 3 is 2.85 bits per heavy atom. The summed E-state index contributed by atoms with van der Waals surface area (Å²) >= 11 is 0. The fourth-order valence-electron chi connectivity index (χ4n) is 3.18. The molecule has 1 aromatic carbocycles. The van der Waals surface area contributed by atoms with Gasteiger partial charge in [-0.1, -0.05) is 24.3 Å². The fourth-order valence-corrected chi connectivity index (χ4v) is 3.18. The molecule has 1 aliphatic rings. The summed E-state index contributed by atoms with van der Waals surface area (Å²) in [7, 11) is 1.83. The molecule has 2 heterocycles. The van der Waals surface area contributed by atoms with Crippen LogP contribution in [0.1, 0.15) is 22.8 Å². The van der Waals surface area contributed by atoms with Gasteiger partial charge in [0.2, 0.25) is 0 Å². The van der Waals surface area contributed by atoms with Gasteiger partial charge in [0.15, 0.2) is 5.96 Å². The van der Waals surface area contributed by atoms with Crippen LogP contribution in [0.15, 0.2) is 41.7 Å². The predicted molar refractivity (Wildman–Crippen MR) is 115 cm³/mol. The van der Waals surface area contributed by atoms with E-state index in [1.807, 2.05) is 24.1 Å². The Morgan fingerprint density at radius 1 is 1.35 bits per heavy atom. The molecule has 1 fully saturated rings. The van der Waals surface area contributed by atoms with Crippen molar-refractivity contribution in [2.45, 2.75) is 26.5 Å². The summed E-state index contributed by atoms with van der Waals surface area (Å²) in [5.74, 6) is 0.922. The zero-order chi connectivity index (χ0) is 17.6. The highest BCUT2D eigenvalue weighted by Gasteiger charge is 2.24. The maximum absolute atomic E-state index is 6.01. The number of halogens is 1. The summed E-state index contributed by atoms with van der Waals surface area (Å²) < 4.78 is 7.96. The molecule has 0 bridgehead atoms. The summed E-state index contributed by atoms with van der Waals surface area (Å²) in [6.45, 7) is 8.16. The Labute approximate surface area is 172 Å². The molecule has 2 aromatic rings. The van der Waals surface area contributed by atoms with Crippen LogP contribution in [0.25, 0.3) is 0 Å². The molecule has 0 aliphatic carbocycles. The first-order valence-corrected chi connectivity index (χ1v) is 8.79. The monoisotopic (exact) mass is 469 g/mol. The van der Waals surface area contributed by atoms with Crippen molar-refractivity contribution in [2.24, 2.45) is 4.99 Å². The lowest BCUT2D eigenvalue weighted by atomic mass is 10.0. The van der Waals surface area contributed by atoms with E-state index in [1.165, 1.54) is 16.7 Å². The number of aromatic nitrogens is 2. The minimum absolute atomic E-state index is 0. The smallest absolute Gasteiger partial charge is 0.193 e. The van der Waals surface area contributed by atoms with Gasteiger partial charge in [-0.2, -0.15) is 5.10 Å². The average Bonchev–Trinajstić information content (AvgIpc) is 3.04. The molecule has 142 valence electrons. The minimum atomic E-state index is 0. The Kier molecular flexibility index (Phi) is 7.89. The molecule has 0 saturated carbocycles. The van der Waals surface area contributed by atoms with Gasteiger partial charge in [-0.3, -0.25) is 9.67 Å². The van der Waals surface area contributed by atoms with E-state index in [2.05, 4.69) is 58.4 Å². The molecular formula is C19H28IN5O. The highest BCUT2D eigenvalue weighted by molar-refractivity contribution is 14.0. The van der Waals surface area contributed by atoms with E-state index in [4.69, 9.17) is 4.74 Å². The molecule has 7 heteroatoms. The fraction of sp³-hybridized carbons (Fsp3) is 0.474. The third-order valence-corrected chi connectivity index (χ3v) is 4.50. The van der Waals surface area contributed by atoms with Crippen molar-refractivity contribution in [2.75, 3.05) is 33.3 Å². The second-order valence-electron chi connectivity index (χ2n) is 6.42. The molecule has 0 radical (unpaired) electrons. The van der Waals surface area contributed by atoms with Crippen LogP contribution in [0, 0.1) is 13.8 Å². The summed E-state index contributed by atoms with van der Waals surface area (Å²) in [5, 5.41) is 7.76. The van der Waals surface area contributed by atoms with Crippen LogP contribution in [0.4, 0.5) is 0 Å². The van der Waals surface area contributed by atoms with E-state index in [1.54, 1.807) is 0 Å². The first kappa shape index (κ1) is 20.7. The number of ether oxygens (including phenoxy) is 1. The average molecular weight is 469 g/mol. The van der Waals surface area contributed by atoms with E-state index in [9.17, 15) is 0 Å². The number of aryl methyl sites for hydroxylation is 2. The third kappa shape index (κ3) is 5.20. The number of hydrogen-bond donors (Lipinski definition) is 1. The van der Waals surface area contributed by atoms with Crippen LogP contribution in [-0.2, 0) is 11.3 Å². The van der Waals surface area contributed by atoms with Crippen molar-refractivity contribution in [3.05, 3.63) is 53.3 Å². The van der Waals surface area contributed by atoms with Crippen LogP contribution >= 0.6 is 24.0 Å². The molecule has 3 rings (SSSR count). The van der Waals surface area contributed by atoms with Crippen molar-refractivity contribution < 1.29 is 4.74 Å². The van der Waals surface area contributed by atoms with Gasteiger partial charge in [0.05, 0.1) is 25.9 Å². The number of benzene rings is 1. The molecule has 0 amide bonds. The Hall–Kier alpha value is -1.61. The predicted octanol–water partition coefficient (Wildman–Crippen LogP) is 2.77. The number of nitrogens with zero attached hydrogens (tertiary/aromatic N) is 4. The van der Waals surface area contributed by atoms with Crippen molar-refractivity contribution in [1.29, 1.82) is 0 Å². The van der Waals surface area contributed by atoms with Gasteiger partial charge in [0.1, 0.15) is 6.10 Å². The molecule has 1 saturated heterocycles. The molecule has 1 aromatic heterocycles. The van der Waals surface area contributed by atoms with E-state index < -0.39 is 0 Å². The maximum atomic E-state index is 6.01. The molecule has 6 nitrogen and oxygen atoms in total. The van der Waals surface area contributed by atoms with Crippen molar-refractivity contribution in [3.8, 4) is 0 Å². The number of aliphatic imine (C=N–C) groups is 1. The van der Waals surface area contributed by atoms with Crippen molar-refractivity contribution in [1.82, 2.24) is 20.0 Å². The number of guanidine groups is 1. The molecule has 0 spiro atoms. The largest absolute Gasteiger partial charge is 0.370 e. The minimum Gasteiger partial charge on any atom is -0.370 e.